The maximum atomic E-state index is 13.5. The third kappa shape index (κ3) is 2.87. The molecule has 3 nitrogen and oxygen atoms in total. The van der Waals surface area contributed by atoms with Crippen molar-refractivity contribution in [2.45, 2.75) is 6.92 Å². The number of carbonyl (C=O) groups excluding carboxylic acids is 1. The van der Waals surface area contributed by atoms with Gasteiger partial charge in [-0.15, -0.1) is 0 Å². The Hall–Kier alpha value is -1.77. The molecule has 1 rings (SSSR count). The zero-order valence-corrected chi connectivity index (χ0v) is 11.0. The molecular formula is C11H9F5N2OS. The van der Waals surface area contributed by atoms with Crippen LogP contribution >= 0.6 is 12.2 Å². The topological polar surface area (TPSA) is 46.3 Å². The summed E-state index contributed by atoms with van der Waals surface area (Å²) in [6.45, 7) is 1.02. The third-order valence-electron chi connectivity index (χ3n) is 2.44. The molecule has 0 saturated carbocycles. The summed E-state index contributed by atoms with van der Waals surface area (Å²) in [7, 11) is 0. The van der Waals surface area contributed by atoms with Crippen molar-refractivity contribution >= 4 is 23.1 Å². The van der Waals surface area contributed by atoms with Crippen molar-refractivity contribution in [3.05, 3.63) is 34.6 Å². The lowest BCUT2D eigenvalue weighted by molar-refractivity contribution is 0.0774. The smallest absolute Gasteiger partial charge is 0.260 e. The van der Waals surface area contributed by atoms with Gasteiger partial charge in [-0.2, -0.15) is 0 Å². The Bertz CT molecular complexity index is 549. The fraction of sp³-hybridized carbons (Fsp3) is 0.273. The zero-order chi connectivity index (χ0) is 15.6. The van der Waals surface area contributed by atoms with Gasteiger partial charge in [0.1, 0.15) is 5.56 Å². The summed E-state index contributed by atoms with van der Waals surface area (Å²) in [5.74, 6) is -12.4. The number of halogens is 5. The average molecular weight is 312 g/mol. The molecule has 0 aliphatic heterocycles. The maximum absolute atomic E-state index is 13.5. The van der Waals surface area contributed by atoms with Crippen LogP contribution < -0.4 is 5.73 Å². The number of benzene rings is 1. The molecule has 0 radical (unpaired) electrons. The molecule has 0 unspecified atom stereocenters. The molecule has 0 aromatic heterocycles. The number of nitrogens with zero attached hydrogens (tertiary/aromatic N) is 1. The van der Waals surface area contributed by atoms with Gasteiger partial charge in [-0.05, 0) is 6.92 Å². The fourth-order valence-corrected chi connectivity index (χ4v) is 1.62. The molecule has 0 heterocycles. The van der Waals surface area contributed by atoms with Gasteiger partial charge in [0, 0.05) is 6.54 Å². The minimum atomic E-state index is -2.33. The second-order valence-corrected chi connectivity index (χ2v) is 4.25. The number of nitrogens with two attached hydrogens (primary N) is 1. The molecular weight excluding hydrogens is 303 g/mol. The maximum Gasteiger partial charge on any atom is 0.260 e. The van der Waals surface area contributed by atoms with Crippen LogP contribution in [0.15, 0.2) is 0 Å². The van der Waals surface area contributed by atoms with Gasteiger partial charge >= 0.3 is 0 Å². The Balaban J connectivity index is 3.39. The van der Waals surface area contributed by atoms with Gasteiger partial charge in [-0.25, -0.2) is 22.0 Å². The summed E-state index contributed by atoms with van der Waals surface area (Å²) in [5, 5.41) is 0. The highest BCUT2D eigenvalue weighted by atomic mass is 32.1. The van der Waals surface area contributed by atoms with E-state index in [9.17, 15) is 26.7 Å². The van der Waals surface area contributed by atoms with Crippen LogP contribution in [0, 0.1) is 29.1 Å². The average Bonchev–Trinajstić information content (AvgIpc) is 2.40. The second kappa shape index (κ2) is 6.12. The van der Waals surface area contributed by atoms with Crippen LogP contribution in [0.4, 0.5) is 22.0 Å². The normalized spacial score (nSPS) is 10.5. The quantitative estimate of drug-likeness (QED) is 0.401. The molecule has 110 valence electrons. The van der Waals surface area contributed by atoms with Crippen molar-refractivity contribution in [3.8, 4) is 0 Å². The van der Waals surface area contributed by atoms with Crippen molar-refractivity contribution in [2.24, 2.45) is 5.73 Å². The lowest BCUT2D eigenvalue weighted by atomic mass is 10.1. The van der Waals surface area contributed by atoms with Crippen molar-refractivity contribution < 1.29 is 26.7 Å². The standard InChI is InChI=1S/C11H9F5N2OS/c1-2-18(3-4(17)20)11(19)5-6(12)8(14)10(16)9(15)7(5)13/h2-3H2,1H3,(H2,17,20). The van der Waals surface area contributed by atoms with Gasteiger partial charge in [0.25, 0.3) is 5.91 Å². The molecule has 20 heavy (non-hydrogen) atoms. The number of likely N-dealkylation sites (N-methyl/N-ethyl adjacent to an activating group) is 1. The molecule has 2 N–H and O–H groups in total. The molecule has 1 amide bonds. The third-order valence-corrected chi connectivity index (χ3v) is 2.57. The number of carbonyl (C=O) groups is 1. The summed E-state index contributed by atoms with van der Waals surface area (Å²) >= 11 is 4.53. The van der Waals surface area contributed by atoms with Gasteiger partial charge in [-0.1, -0.05) is 12.2 Å². The van der Waals surface area contributed by atoms with Crippen LogP contribution in [0.2, 0.25) is 0 Å². The van der Waals surface area contributed by atoms with E-state index >= 15 is 0 Å². The number of rotatable bonds is 4. The Morgan fingerprint density at radius 2 is 1.45 bits per heavy atom. The summed E-state index contributed by atoms with van der Waals surface area (Å²) in [6, 6.07) is 0. The first-order valence-corrected chi connectivity index (χ1v) is 5.72. The number of amides is 1. The second-order valence-electron chi connectivity index (χ2n) is 3.73. The molecule has 0 saturated heterocycles. The number of hydrogen-bond donors (Lipinski definition) is 1. The van der Waals surface area contributed by atoms with E-state index in [-0.39, 0.29) is 18.1 Å². The molecule has 0 atom stereocenters. The molecule has 1 aromatic carbocycles. The van der Waals surface area contributed by atoms with E-state index < -0.39 is 40.6 Å². The number of hydrogen-bond acceptors (Lipinski definition) is 2. The van der Waals surface area contributed by atoms with Crippen molar-refractivity contribution in [3.63, 3.8) is 0 Å². The largest absolute Gasteiger partial charge is 0.392 e. The Morgan fingerprint density at radius 3 is 1.80 bits per heavy atom. The Morgan fingerprint density at radius 1 is 1.05 bits per heavy atom. The van der Waals surface area contributed by atoms with Gasteiger partial charge in [0.15, 0.2) is 23.3 Å². The first-order chi connectivity index (χ1) is 9.22. The number of thiocarbonyl (C=S) groups is 1. The molecule has 0 aliphatic rings. The molecule has 0 spiro atoms. The monoisotopic (exact) mass is 312 g/mol. The van der Waals surface area contributed by atoms with Crippen LogP contribution in [-0.4, -0.2) is 28.9 Å². The molecule has 9 heteroatoms. The highest BCUT2D eigenvalue weighted by molar-refractivity contribution is 7.80. The summed E-state index contributed by atoms with van der Waals surface area (Å²) in [6.07, 6.45) is 0. The predicted octanol–water partition coefficient (Wildman–Crippen LogP) is 2.13. The summed E-state index contributed by atoms with van der Waals surface area (Å²) in [4.78, 5) is 12.4. The molecule has 0 fully saturated rings. The van der Waals surface area contributed by atoms with Gasteiger partial charge in [-0.3, -0.25) is 4.79 Å². The van der Waals surface area contributed by atoms with Gasteiger partial charge < -0.3 is 10.6 Å². The van der Waals surface area contributed by atoms with E-state index in [1.807, 2.05) is 0 Å². The zero-order valence-electron chi connectivity index (χ0n) is 10.1. The van der Waals surface area contributed by atoms with Gasteiger partial charge in [0.2, 0.25) is 5.82 Å². The van der Waals surface area contributed by atoms with Crippen molar-refractivity contribution in [1.29, 1.82) is 0 Å². The van der Waals surface area contributed by atoms with Crippen LogP contribution in [0.25, 0.3) is 0 Å². The summed E-state index contributed by atoms with van der Waals surface area (Å²) in [5.41, 5.74) is 3.66. The first-order valence-electron chi connectivity index (χ1n) is 5.31. The van der Waals surface area contributed by atoms with Crippen LogP contribution in [0.5, 0.6) is 0 Å². The summed E-state index contributed by atoms with van der Waals surface area (Å²) < 4.78 is 65.8. The SMILES string of the molecule is CCN(CC(N)=S)C(=O)c1c(F)c(F)c(F)c(F)c1F. The highest BCUT2D eigenvalue weighted by Crippen LogP contribution is 2.24. The molecule has 0 bridgehead atoms. The van der Waals surface area contributed by atoms with E-state index in [1.165, 1.54) is 6.92 Å². The van der Waals surface area contributed by atoms with Crippen molar-refractivity contribution in [2.75, 3.05) is 13.1 Å². The van der Waals surface area contributed by atoms with Crippen LogP contribution in [0.1, 0.15) is 17.3 Å². The van der Waals surface area contributed by atoms with E-state index in [2.05, 4.69) is 12.2 Å². The molecule has 0 aliphatic carbocycles. The predicted molar refractivity (Wildman–Crippen MR) is 64.6 cm³/mol. The Labute approximate surface area is 116 Å². The van der Waals surface area contributed by atoms with E-state index in [0.29, 0.717) is 0 Å². The fourth-order valence-electron chi connectivity index (χ4n) is 1.47. The lowest BCUT2D eigenvalue weighted by Gasteiger charge is -2.21. The minimum absolute atomic E-state index is 0.0737. The van der Waals surface area contributed by atoms with Crippen LogP contribution in [0.3, 0.4) is 0 Å². The van der Waals surface area contributed by atoms with Crippen LogP contribution in [-0.2, 0) is 0 Å². The van der Waals surface area contributed by atoms with E-state index in [0.717, 1.165) is 4.90 Å². The molecule has 1 aromatic rings. The lowest BCUT2D eigenvalue weighted by Crippen LogP contribution is -2.38. The highest BCUT2D eigenvalue weighted by Gasteiger charge is 2.31. The van der Waals surface area contributed by atoms with E-state index in [4.69, 9.17) is 5.73 Å². The van der Waals surface area contributed by atoms with Gasteiger partial charge in [0.05, 0.1) is 11.5 Å². The minimum Gasteiger partial charge on any atom is -0.392 e. The first kappa shape index (κ1) is 16.3. The Kier molecular flexibility index (Phi) is 4.98. The van der Waals surface area contributed by atoms with E-state index in [1.54, 1.807) is 0 Å². The van der Waals surface area contributed by atoms with Crippen molar-refractivity contribution in [1.82, 2.24) is 4.90 Å².